The molecule has 28 heavy (non-hydrogen) atoms. The number of nitrogens with one attached hydrogen (secondary N) is 1. The highest BCUT2D eigenvalue weighted by molar-refractivity contribution is 7.17. The summed E-state index contributed by atoms with van der Waals surface area (Å²) in [5, 5.41) is 2.76. The molecule has 0 unspecified atom stereocenters. The lowest BCUT2D eigenvalue weighted by Crippen LogP contribution is -2.20. The second-order valence-corrected chi connectivity index (χ2v) is 7.80. The van der Waals surface area contributed by atoms with Crippen LogP contribution in [-0.2, 0) is 16.1 Å². The number of carbonyl (C=O) groups is 2. The molecule has 1 amide bonds. The fourth-order valence-electron chi connectivity index (χ4n) is 3.25. The van der Waals surface area contributed by atoms with Crippen LogP contribution in [0.5, 0.6) is 5.75 Å². The van der Waals surface area contributed by atoms with Crippen LogP contribution in [0.1, 0.15) is 26.4 Å². The van der Waals surface area contributed by atoms with Gasteiger partial charge >= 0.3 is 5.97 Å². The maximum Gasteiger partial charge on any atom is 0.348 e. The van der Waals surface area contributed by atoms with Crippen LogP contribution >= 0.6 is 11.3 Å². The Morgan fingerprint density at radius 1 is 1.11 bits per heavy atom. The molecule has 0 fully saturated rings. The van der Waals surface area contributed by atoms with Crippen molar-refractivity contribution in [2.24, 2.45) is 0 Å². The van der Waals surface area contributed by atoms with Crippen LogP contribution in [-0.4, -0.2) is 18.5 Å². The first-order valence-electron chi connectivity index (χ1n) is 8.90. The Morgan fingerprint density at radius 2 is 1.86 bits per heavy atom. The van der Waals surface area contributed by atoms with Crippen molar-refractivity contribution in [3.05, 3.63) is 70.1 Å². The van der Waals surface area contributed by atoms with Crippen LogP contribution in [0.3, 0.4) is 0 Å². The van der Waals surface area contributed by atoms with Gasteiger partial charge in [-0.2, -0.15) is 0 Å². The van der Waals surface area contributed by atoms with Crippen molar-refractivity contribution in [2.45, 2.75) is 20.5 Å². The van der Waals surface area contributed by atoms with Gasteiger partial charge in [0.1, 0.15) is 17.2 Å². The number of thiophene rings is 1. The number of anilines is 1. The topological polar surface area (TPSA) is 64.6 Å². The fraction of sp³-hybridized carbons (Fsp3) is 0.182. The maximum absolute atomic E-state index is 12.4. The summed E-state index contributed by atoms with van der Waals surface area (Å²) in [7, 11) is 0. The van der Waals surface area contributed by atoms with Crippen LogP contribution in [0.25, 0.3) is 10.4 Å². The second-order valence-electron chi connectivity index (χ2n) is 6.75. The number of para-hydroxylation sites is 1. The molecule has 0 saturated heterocycles. The monoisotopic (exact) mass is 393 g/mol. The van der Waals surface area contributed by atoms with Gasteiger partial charge in [-0.1, -0.05) is 18.2 Å². The quantitative estimate of drug-likeness (QED) is 0.652. The third-order valence-corrected chi connectivity index (χ3v) is 5.56. The van der Waals surface area contributed by atoms with Crippen LogP contribution < -0.4 is 10.1 Å². The van der Waals surface area contributed by atoms with E-state index in [1.54, 1.807) is 6.07 Å². The van der Waals surface area contributed by atoms with Crippen molar-refractivity contribution < 1.29 is 19.1 Å². The van der Waals surface area contributed by atoms with Crippen molar-refractivity contribution in [3.63, 3.8) is 0 Å². The Bertz CT molecular complexity index is 1050. The minimum Gasteiger partial charge on any atom is -0.488 e. The first kappa shape index (κ1) is 18.3. The van der Waals surface area contributed by atoms with E-state index in [1.807, 2.05) is 56.3 Å². The number of fused-ring (bicyclic) bond motifs is 3. The summed E-state index contributed by atoms with van der Waals surface area (Å²) in [5.41, 5.74) is 4.73. The number of ether oxygens (including phenoxy) is 2. The number of hydrogen-bond donors (Lipinski definition) is 1. The molecule has 0 aliphatic carbocycles. The Labute approximate surface area is 166 Å². The van der Waals surface area contributed by atoms with Gasteiger partial charge in [0.05, 0.1) is 0 Å². The zero-order chi connectivity index (χ0) is 19.7. The number of hydrogen-bond acceptors (Lipinski definition) is 5. The van der Waals surface area contributed by atoms with E-state index in [9.17, 15) is 9.59 Å². The van der Waals surface area contributed by atoms with Gasteiger partial charge in [-0.15, -0.1) is 11.3 Å². The van der Waals surface area contributed by atoms with Gasteiger partial charge in [0, 0.05) is 21.7 Å². The zero-order valence-electron chi connectivity index (χ0n) is 15.6. The Hall–Kier alpha value is -3.12. The Morgan fingerprint density at radius 3 is 2.64 bits per heavy atom. The number of amides is 1. The van der Waals surface area contributed by atoms with E-state index in [1.165, 1.54) is 11.3 Å². The van der Waals surface area contributed by atoms with Gasteiger partial charge in [0.15, 0.2) is 6.61 Å². The van der Waals surface area contributed by atoms with Crippen molar-refractivity contribution in [1.82, 2.24) is 0 Å². The van der Waals surface area contributed by atoms with Gasteiger partial charge in [0.25, 0.3) is 5.91 Å². The molecule has 3 aromatic rings. The van der Waals surface area contributed by atoms with Gasteiger partial charge in [-0.3, -0.25) is 4.79 Å². The molecule has 5 nitrogen and oxygen atoms in total. The van der Waals surface area contributed by atoms with E-state index >= 15 is 0 Å². The average Bonchev–Trinajstić information content (AvgIpc) is 3.10. The standard InChI is InChI=1S/C22H19NO4S/c1-13-7-14(2)9-16(8-13)23-20(24)12-27-22(25)19-10-15-11-26-18-6-4-3-5-17(18)21(15)28-19/h3-10H,11-12H2,1-2H3,(H,23,24). The fourth-order valence-corrected chi connectivity index (χ4v) is 4.34. The number of rotatable bonds is 4. The van der Waals surface area contributed by atoms with Crippen LogP contribution in [0, 0.1) is 13.8 Å². The minimum atomic E-state index is -0.507. The van der Waals surface area contributed by atoms with Crippen LogP contribution in [0.15, 0.2) is 48.5 Å². The molecule has 0 atom stereocenters. The molecule has 1 aromatic heterocycles. The predicted octanol–water partition coefficient (Wildman–Crippen LogP) is 4.72. The van der Waals surface area contributed by atoms with Gasteiger partial charge < -0.3 is 14.8 Å². The second kappa shape index (κ2) is 7.48. The molecule has 0 radical (unpaired) electrons. The summed E-state index contributed by atoms with van der Waals surface area (Å²) in [4.78, 5) is 26.0. The molecule has 0 bridgehead atoms. The summed E-state index contributed by atoms with van der Waals surface area (Å²) < 4.78 is 10.9. The summed E-state index contributed by atoms with van der Waals surface area (Å²) in [6, 6.07) is 15.3. The summed E-state index contributed by atoms with van der Waals surface area (Å²) in [5.74, 6) is -0.0644. The molecule has 142 valence electrons. The largest absolute Gasteiger partial charge is 0.488 e. The molecule has 1 N–H and O–H groups in total. The van der Waals surface area contributed by atoms with E-state index < -0.39 is 5.97 Å². The van der Waals surface area contributed by atoms with E-state index in [2.05, 4.69) is 5.32 Å². The number of aryl methyl sites for hydroxylation is 2. The van der Waals surface area contributed by atoms with E-state index in [-0.39, 0.29) is 12.5 Å². The normalized spacial score (nSPS) is 11.8. The third kappa shape index (κ3) is 3.77. The smallest absolute Gasteiger partial charge is 0.348 e. The molecule has 6 heteroatoms. The van der Waals surface area contributed by atoms with Crippen molar-refractivity contribution in [3.8, 4) is 16.2 Å². The lowest BCUT2D eigenvalue weighted by Gasteiger charge is -2.16. The molecular formula is C22H19NO4S. The molecule has 4 rings (SSSR count). The SMILES string of the molecule is Cc1cc(C)cc(NC(=O)COC(=O)c2cc3c(s2)-c2ccccc2OC3)c1. The van der Waals surface area contributed by atoms with Crippen molar-refractivity contribution >= 4 is 28.9 Å². The lowest BCUT2D eigenvalue weighted by molar-refractivity contribution is -0.119. The predicted molar refractivity (Wildman–Crippen MR) is 109 cm³/mol. The Kier molecular flexibility index (Phi) is 4.88. The van der Waals surface area contributed by atoms with E-state index in [0.29, 0.717) is 17.2 Å². The molecule has 0 spiro atoms. The maximum atomic E-state index is 12.4. The average molecular weight is 393 g/mol. The van der Waals surface area contributed by atoms with Crippen molar-refractivity contribution in [1.29, 1.82) is 0 Å². The van der Waals surface area contributed by atoms with Gasteiger partial charge in [0.2, 0.25) is 0 Å². The zero-order valence-corrected chi connectivity index (χ0v) is 16.4. The van der Waals surface area contributed by atoms with E-state index in [4.69, 9.17) is 9.47 Å². The number of benzene rings is 2. The first-order chi connectivity index (χ1) is 13.5. The number of esters is 1. The van der Waals surface area contributed by atoms with Gasteiger partial charge in [-0.05, 0) is 55.3 Å². The highest BCUT2D eigenvalue weighted by Gasteiger charge is 2.23. The summed E-state index contributed by atoms with van der Waals surface area (Å²) in [6.45, 7) is 4.01. The summed E-state index contributed by atoms with van der Waals surface area (Å²) in [6.07, 6.45) is 0. The third-order valence-electron chi connectivity index (χ3n) is 4.36. The van der Waals surface area contributed by atoms with Gasteiger partial charge in [-0.25, -0.2) is 4.79 Å². The van der Waals surface area contributed by atoms with Crippen molar-refractivity contribution in [2.75, 3.05) is 11.9 Å². The molecule has 2 aromatic carbocycles. The molecule has 1 aliphatic rings. The van der Waals surface area contributed by atoms with Crippen LogP contribution in [0.2, 0.25) is 0 Å². The molecule has 2 heterocycles. The molecule has 0 saturated carbocycles. The molecule has 1 aliphatic heterocycles. The van der Waals surface area contributed by atoms with Crippen LogP contribution in [0.4, 0.5) is 5.69 Å². The highest BCUT2D eigenvalue weighted by atomic mass is 32.1. The van der Waals surface area contributed by atoms with E-state index in [0.717, 1.165) is 32.9 Å². The lowest BCUT2D eigenvalue weighted by atomic mass is 10.1. The Balaban J connectivity index is 1.41. The molecular weight excluding hydrogens is 374 g/mol. The minimum absolute atomic E-state index is 0.332. The highest BCUT2D eigenvalue weighted by Crippen LogP contribution is 2.42. The first-order valence-corrected chi connectivity index (χ1v) is 9.71. The number of carbonyl (C=O) groups excluding carboxylic acids is 2. The summed E-state index contributed by atoms with van der Waals surface area (Å²) >= 11 is 1.36.